The van der Waals surface area contributed by atoms with Crippen LogP contribution < -0.4 is 4.74 Å². The summed E-state index contributed by atoms with van der Waals surface area (Å²) in [7, 11) is 1.43. The van der Waals surface area contributed by atoms with Crippen LogP contribution in [-0.4, -0.2) is 40.1 Å². The molecule has 0 spiro atoms. The van der Waals surface area contributed by atoms with Crippen LogP contribution in [0.2, 0.25) is 10.0 Å². The molecular formula is C16H17Cl2N3O3. The molecule has 6 nitrogen and oxygen atoms in total. The molecule has 2 aromatic rings. The third-order valence-electron chi connectivity index (χ3n) is 3.33. The molecule has 24 heavy (non-hydrogen) atoms. The molecular weight excluding hydrogens is 353 g/mol. The van der Waals surface area contributed by atoms with Crippen molar-refractivity contribution in [2.45, 2.75) is 20.3 Å². The van der Waals surface area contributed by atoms with E-state index in [0.717, 1.165) is 4.90 Å². The van der Waals surface area contributed by atoms with Crippen molar-refractivity contribution in [2.24, 2.45) is 0 Å². The van der Waals surface area contributed by atoms with E-state index in [-0.39, 0.29) is 22.5 Å². The van der Waals surface area contributed by atoms with Gasteiger partial charge in [0.2, 0.25) is 11.8 Å². The Balaban J connectivity index is 2.51. The Kier molecular flexibility index (Phi) is 5.85. The molecule has 0 N–H and O–H groups in total. The van der Waals surface area contributed by atoms with E-state index in [1.54, 1.807) is 24.3 Å². The molecule has 0 aliphatic carbocycles. The smallest absolute Gasteiger partial charge is 0.282 e. The molecule has 0 radical (unpaired) electrons. The van der Waals surface area contributed by atoms with Crippen LogP contribution in [0.15, 0.2) is 24.3 Å². The van der Waals surface area contributed by atoms with E-state index in [1.165, 1.54) is 18.7 Å². The van der Waals surface area contributed by atoms with Crippen molar-refractivity contribution < 1.29 is 14.3 Å². The molecule has 2 amide bonds. The molecule has 2 rings (SSSR count). The van der Waals surface area contributed by atoms with Gasteiger partial charge in [-0.15, -0.1) is 0 Å². The van der Waals surface area contributed by atoms with Crippen molar-refractivity contribution in [3.05, 3.63) is 40.0 Å². The van der Waals surface area contributed by atoms with Crippen LogP contribution in [0.5, 0.6) is 5.88 Å². The maximum absolute atomic E-state index is 12.6. The molecule has 1 heterocycles. The Morgan fingerprint density at radius 1 is 1.25 bits per heavy atom. The molecule has 1 aromatic carbocycles. The third-order valence-corrected chi connectivity index (χ3v) is 3.92. The summed E-state index contributed by atoms with van der Waals surface area (Å²) >= 11 is 12.1. The highest BCUT2D eigenvalue weighted by atomic mass is 35.5. The normalized spacial score (nSPS) is 10.5. The summed E-state index contributed by atoms with van der Waals surface area (Å²) in [4.78, 5) is 25.5. The fourth-order valence-electron chi connectivity index (χ4n) is 2.21. The van der Waals surface area contributed by atoms with Gasteiger partial charge in [0, 0.05) is 18.5 Å². The van der Waals surface area contributed by atoms with Gasteiger partial charge in [-0.25, -0.2) is 0 Å². The summed E-state index contributed by atoms with van der Waals surface area (Å²) in [5.74, 6) is -0.708. The SMILES string of the molecule is CCCN(C(C)=O)C(=O)c1nn(-c2ccc(Cl)cc2)c(OC)c1Cl. The number of benzene rings is 1. The monoisotopic (exact) mass is 369 g/mol. The average molecular weight is 370 g/mol. The summed E-state index contributed by atoms with van der Waals surface area (Å²) in [6.07, 6.45) is 0.637. The van der Waals surface area contributed by atoms with E-state index in [4.69, 9.17) is 27.9 Å². The van der Waals surface area contributed by atoms with E-state index < -0.39 is 5.91 Å². The highest BCUT2D eigenvalue weighted by Crippen LogP contribution is 2.31. The van der Waals surface area contributed by atoms with Gasteiger partial charge in [0.15, 0.2) is 5.69 Å². The van der Waals surface area contributed by atoms with Crippen LogP contribution in [0.3, 0.4) is 0 Å². The second-order valence-electron chi connectivity index (χ2n) is 5.04. The predicted molar refractivity (Wildman–Crippen MR) is 92.1 cm³/mol. The van der Waals surface area contributed by atoms with E-state index in [2.05, 4.69) is 5.10 Å². The standard InChI is InChI=1S/C16H17Cl2N3O3/c1-4-9-20(10(2)22)15(23)14-13(18)16(24-3)21(19-14)12-7-5-11(17)6-8-12/h5-8H,4,9H2,1-3H3. The second kappa shape index (κ2) is 7.68. The number of carbonyl (C=O) groups is 2. The molecule has 0 saturated heterocycles. The highest BCUT2D eigenvalue weighted by molar-refractivity contribution is 6.35. The van der Waals surface area contributed by atoms with Gasteiger partial charge in [-0.2, -0.15) is 9.78 Å². The number of hydrogen-bond donors (Lipinski definition) is 0. The first-order valence-electron chi connectivity index (χ1n) is 7.31. The number of hydrogen-bond acceptors (Lipinski definition) is 4. The van der Waals surface area contributed by atoms with E-state index in [1.807, 2.05) is 6.92 Å². The zero-order valence-corrected chi connectivity index (χ0v) is 15.1. The van der Waals surface area contributed by atoms with Crippen molar-refractivity contribution in [1.29, 1.82) is 0 Å². The molecule has 0 bridgehead atoms. The number of imide groups is 1. The summed E-state index contributed by atoms with van der Waals surface area (Å²) in [6.45, 7) is 3.49. The molecule has 0 saturated carbocycles. The molecule has 0 aliphatic rings. The number of carbonyl (C=O) groups excluding carboxylic acids is 2. The number of amides is 2. The quantitative estimate of drug-likeness (QED) is 0.807. The van der Waals surface area contributed by atoms with E-state index >= 15 is 0 Å². The van der Waals surface area contributed by atoms with Crippen molar-refractivity contribution in [3.8, 4) is 11.6 Å². The van der Waals surface area contributed by atoms with Crippen LogP contribution in [0.1, 0.15) is 30.8 Å². The zero-order chi connectivity index (χ0) is 17.9. The maximum atomic E-state index is 12.6. The van der Waals surface area contributed by atoms with Crippen LogP contribution >= 0.6 is 23.2 Å². The van der Waals surface area contributed by atoms with Gasteiger partial charge in [0.05, 0.1) is 12.8 Å². The Bertz CT molecular complexity index is 757. The summed E-state index contributed by atoms with van der Waals surface area (Å²) in [6, 6.07) is 6.81. The highest BCUT2D eigenvalue weighted by Gasteiger charge is 2.28. The van der Waals surface area contributed by atoms with Crippen molar-refractivity contribution in [2.75, 3.05) is 13.7 Å². The van der Waals surface area contributed by atoms with Crippen LogP contribution in [-0.2, 0) is 4.79 Å². The minimum Gasteiger partial charge on any atom is -0.480 e. The lowest BCUT2D eigenvalue weighted by molar-refractivity contribution is -0.126. The molecule has 128 valence electrons. The largest absolute Gasteiger partial charge is 0.480 e. The van der Waals surface area contributed by atoms with Gasteiger partial charge in [-0.1, -0.05) is 30.1 Å². The summed E-state index contributed by atoms with van der Waals surface area (Å²) in [5, 5.41) is 4.86. The minimum atomic E-state index is -0.555. The first-order valence-corrected chi connectivity index (χ1v) is 8.07. The van der Waals surface area contributed by atoms with Crippen LogP contribution in [0.25, 0.3) is 5.69 Å². The Hall–Kier alpha value is -2.05. The Morgan fingerprint density at radius 2 is 1.88 bits per heavy atom. The van der Waals surface area contributed by atoms with Gasteiger partial charge in [-0.05, 0) is 30.7 Å². The lowest BCUT2D eigenvalue weighted by atomic mass is 10.3. The van der Waals surface area contributed by atoms with Gasteiger partial charge in [0.25, 0.3) is 5.91 Å². The van der Waals surface area contributed by atoms with Crippen LogP contribution in [0.4, 0.5) is 0 Å². The number of rotatable bonds is 5. The Morgan fingerprint density at radius 3 is 2.38 bits per heavy atom. The lowest BCUT2D eigenvalue weighted by Crippen LogP contribution is -2.36. The molecule has 8 heteroatoms. The number of nitrogens with zero attached hydrogens (tertiary/aromatic N) is 3. The third kappa shape index (κ3) is 3.55. The first-order chi connectivity index (χ1) is 11.4. The summed E-state index contributed by atoms with van der Waals surface area (Å²) < 4.78 is 6.67. The molecule has 0 fully saturated rings. The fourth-order valence-corrected chi connectivity index (χ4v) is 2.61. The number of halogens is 2. The molecule has 0 unspecified atom stereocenters. The first kappa shape index (κ1) is 18.3. The second-order valence-corrected chi connectivity index (χ2v) is 5.85. The van der Waals surface area contributed by atoms with Crippen molar-refractivity contribution in [1.82, 2.24) is 14.7 Å². The fraction of sp³-hybridized carbons (Fsp3) is 0.312. The van der Waals surface area contributed by atoms with Gasteiger partial charge in [-0.3, -0.25) is 14.5 Å². The van der Waals surface area contributed by atoms with Gasteiger partial charge >= 0.3 is 0 Å². The van der Waals surface area contributed by atoms with E-state index in [9.17, 15) is 9.59 Å². The minimum absolute atomic E-state index is 0.0351. The van der Waals surface area contributed by atoms with Crippen molar-refractivity contribution >= 4 is 35.0 Å². The van der Waals surface area contributed by atoms with Gasteiger partial charge < -0.3 is 4.74 Å². The predicted octanol–water partition coefficient (Wildman–Crippen LogP) is 3.59. The number of methoxy groups -OCH3 is 1. The van der Waals surface area contributed by atoms with Crippen molar-refractivity contribution in [3.63, 3.8) is 0 Å². The topological polar surface area (TPSA) is 64.4 Å². The summed E-state index contributed by atoms with van der Waals surface area (Å²) in [5.41, 5.74) is 0.592. The maximum Gasteiger partial charge on any atom is 0.282 e. The molecule has 0 atom stereocenters. The van der Waals surface area contributed by atoms with Gasteiger partial charge in [0.1, 0.15) is 5.02 Å². The molecule has 0 aliphatic heterocycles. The number of ether oxygens (including phenoxy) is 1. The number of aromatic nitrogens is 2. The van der Waals surface area contributed by atoms with E-state index in [0.29, 0.717) is 23.7 Å². The lowest BCUT2D eigenvalue weighted by Gasteiger charge is -2.16. The Labute approximate surface area is 149 Å². The zero-order valence-electron chi connectivity index (χ0n) is 13.5. The average Bonchev–Trinajstić information content (AvgIpc) is 2.89. The molecule has 1 aromatic heterocycles. The van der Waals surface area contributed by atoms with Crippen LogP contribution in [0, 0.1) is 0 Å².